The molecule has 0 radical (unpaired) electrons. The van der Waals surface area contributed by atoms with Crippen LogP contribution < -0.4 is 0 Å². The molecular weight excluding hydrogens is 242 g/mol. The number of hydrogen-bond donors (Lipinski definition) is 0. The van der Waals surface area contributed by atoms with E-state index in [4.69, 9.17) is 16.1 Å². The number of carbonyl (C=O) groups excluding carboxylic acids is 1. The Kier molecular flexibility index (Phi) is 3.19. The van der Waals surface area contributed by atoms with Crippen molar-refractivity contribution in [1.82, 2.24) is 15.1 Å². The van der Waals surface area contributed by atoms with Crippen LogP contribution in [0.5, 0.6) is 0 Å². The summed E-state index contributed by atoms with van der Waals surface area (Å²) in [7, 11) is 0. The molecule has 2 aromatic rings. The van der Waals surface area contributed by atoms with Crippen LogP contribution in [0, 0.1) is 0 Å². The van der Waals surface area contributed by atoms with Crippen molar-refractivity contribution < 1.29 is 9.32 Å². The molecule has 0 aliphatic heterocycles. The highest BCUT2D eigenvalue weighted by Crippen LogP contribution is 2.24. The van der Waals surface area contributed by atoms with E-state index in [0.717, 1.165) is 0 Å². The number of halogens is 1. The molecule has 0 aliphatic rings. The van der Waals surface area contributed by atoms with Gasteiger partial charge in [0.2, 0.25) is 11.7 Å². The first-order chi connectivity index (χ1) is 8.09. The van der Waals surface area contributed by atoms with E-state index in [-0.39, 0.29) is 11.7 Å². The molecule has 0 aromatic carbocycles. The van der Waals surface area contributed by atoms with Crippen molar-refractivity contribution in [3.05, 3.63) is 29.2 Å². The third-order valence-corrected chi connectivity index (χ3v) is 2.70. The molecule has 1 atom stereocenters. The highest BCUT2D eigenvalue weighted by molar-refractivity contribution is 6.32. The van der Waals surface area contributed by atoms with Crippen LogP contribution in [-0.4, -0.2) is 20.9 Å². The molecule has 2 aromatic heterocycles. The van der Waals surface area contributed by atoms with Crippen LogP contribution >= 0.6 is 11.6 Å². The third-order valence-electron chi connectivity index (χ3n) is 2.39. The van der Waals surface area contributed by atoms with Crippen LogP contribution in [0.1, 0.15) is 25.7 Å². The highest BCUT2D eigenvalue weighted by Gasteiger charge is 2.20. The third kappa shape index (κ3) is 2.34. The number of Topliss-reactive ketones (excluding diaryl/α,β-unsaturated/α-hetero) is 1. The lowest BCUT2D eigenvalue weighted by Crippen LogP contribution is -2.04. The van der Waals surface area contributed by atoms with Crippen LogP contribution in [0.3, 0.4) is 0 Å². The van der Waals surface area contributed by atoms with Crippen molar-refractivity contribution in [2.45, 2.75) is 19.8 Å². The molecule has 2 rings (SSSR count). The first-order valence-electron chi connectivity index (χ1n) is 5.04. The maximum atomic E-state index is 11.2. The fraction of sp³-hybridized carbons (Fsp3) is 0.273. The Morgan fingerprint density at radius 2 is 2.29 bits per heavy atom. The number of pyridine rings is 1. The predicted molar refractivity (Wildman–Crippen MR) is 61.6 cm³/mol. The number of rotatable bonds is 3. The molecule has 0 saturated heterocycles. The van der Waals surface area contributed by atoms with Gasteiger partial charge < -0.3 is 4.52 Å². The predicted octanol–water partition coefficient (Wildman–Crippen LogP) is 2.48. The largest absolute Gasteiger partial charge is 0.338 e. The van der Waals surface area contributed by atoms with E-state index < -0.39 is 5.92 Å². The molecule has 0 spiro atoms. The van der Waals surface area contributed by atoms with E-state index in [9.17, 15) is 4.79 Å². The second kappa shape index (κ2) is 4.63. The van der Waals surface area contributed by atoms with Gasteiger partial charge in [-0.1, -0.05) is 16.8 Å². The zero-order chi connectivity index (χ0) is 12.4. The van der Waals surface area contributed by atoms with E-state index in [2.05, 4.69) is 15.1 Å². The van der Waals surface area contributed by atoms with Gasteiger partial charge in [0.1, 0.15) is 11.5 Å². The molecule has 1 unspecified atom stereocenters. The Balaban J connectivity index is 2.37. The van der Waals surface area contributed by atoms with Gasteiger partial charge in [-0.25, -0.2) is 0 Å². The minimum absolute atomic E-state index is 0.0349. The van der Waals surface area contributed by atoms with Crippen LogP contribution in [-0.2, 0) is 4.79 Å². The first-order valence-corrected chi connectivity index (χ1v) is 5.42. The second-order valence-electron chi connectivity index (χ2n) is 3.62. The van der Waals surface area contributed by atoms with Gasteiger partial charge in [-0.2, -0.15) is 4.98 Å². The van der Waals surface area contributed by atoms with Crippen LogP contribution in [0.4, 0.5) is 0 Å². The minimum atomic E-state index is -0.418. The van der Waals surface area contributed by atoms with E-state index in [1.807, 2.05) is 0 Å². The summed E-state index contributed by atoms with van der Waals surface area (Å²) in [6.45, 7) is 3.18. The number of hydrogen-bond acceptors (Lipinski definition) is 5. The maximum absolute atomic E-state index is 11.2. The molecule has 17 heavy (non-hydrogen) atoms. The summed E-state index contributed by atoms with van der Waals surface area (Å²) < 4.78 is 5.02. The smallest absolute Gasteiger partial charge is 0.237 e. The van der Waals surface area contributed by atoms with Crippen molar-refractivity contribution in [2.75, 3.05) is 0 Å². The summed E-state index contributed by atoms with van der Waals surface area (Å²) in [6, 6.07) is 3.40. The molecule has 5 nitrogen and oxygen atoms in total. The van der Waals surface area contributed by atoms with Crippen molar-refractivity contribution in [2.24, 2.45) is 0 Å². The highest BCUT2D eigenvalue weighted by atomic mass is 35.5. The molecule has 0 aliphatic carbocycles. The molecule has 0 bridgehead atoms. The summed E-state index contributed by atoms with van der Waals surface area (Å²) in [5.41, 5.74) is 0.444. The lowest BCUT2D eigenvalue weighted by atomic mass is 10.1. The van der Waals surface area contributed by atoms with Gasteiger partial charge in [0.25, 0.3) is 0 Å². The summed E-state index contributed by atoms with van der Waals surface area (Å²) in [6.07, 6.45) is 1.59. The Morgan fingerprint density at radius 1 is 1.53 bits per heavy atom. The van der Waals surface area contributed by atoms with Crippen molar-refractivity contribution in [1.29, 1.82) is 0 Å². The Hall–Kier alpha value is -1.75. The van der Waals surface area contributed by atoms with E-state index in [1.165, 1.54) is 6.92 Å². The monoisotopic (exact) mass is 251 g/mol. The molecule has 0 amide bonds. The molecule has 0 fully saturated rings. The van der Waals surface area contributed by atoms with E-state index >= 15 is 0 Å². The summed E-state index contributed by atoms with van der Waals surface area (Å²) in [5, 5.41) is 4.21. The fourth-order valence-corrected chi connectivity index (χ4v) is 1.44. The second-order valence-corrected chi connectivity index (χ2v) is 4.03. The lowest BCUT2D eigenvalue weighted by molar-refractivity contribution is -0.118. The van der Waals surface area contributed by atoms with Crippen molar-refractivity contribution in [3.63, 3.8) is 0 Å². The molecule has 88 valence electrons. The van der Waals surface area contributed by atoms with E-state index in [1.54, 1.807) is 25.3 Å². The van der Waals surface area contributed by atoms with Crippen molar-refractivity contribution >= 4 is 17.4 Å². The molecule has 6 heteroatoms. The Bertz CT molecular complexity index is 553. The van der Waals surface area contributed by atoms with Crippen molar-refractivity contribution in [3.8, 4) is 11.5 Å². The zero-order valence-corrected chi connectivity index (χ0v) is 10.1. The van der Waals surface area contributed by atoms with E-state index in [0.29, 0.717) is 16.5 Å². The van der Waals surface area contributed by atoms with Gasteiger partial charge in [-0.3, -0.25) is 9.78 Å². The average molecular weight is 252 g/mol. The Morgan fingerprint density at radius 3 is 2.94 bits per heavy atom. The standard InChI is InChI=1S/C11H10ClN3O2/c1-6(7(2)16)11-14-10(15-17-11)9-8(12)4-3-5-13-9/h3-6H,1-2H3. The fourth-order valence-electron chi connectivity index (χ4n) is 1.23. The topological polar surface area (TPSA) is 68.9 Å². The Labute approximate surface area is 103 Å². The maximum Gasteiger partial charge on any atom is 0.237 e. The van der Waals surface area contributed by atoms with Gasteiger partial charge in [0.15, 0.2) is 0 Å². The van der Waals surface area contributed by atoms with Crippen LogP contribution in [0.2, 0.25) is 5.02 Å². The van der Waals surface area contributed by atoms with Gasteiger partial charge in [0.05, 0.1) is 10.9 Å². The zero-order valence-electron chi connectivity index (χ0n) is 9.35. The molecule has 2 heterocycles. The first kappa shape index (κ1) is 11.7. The van der Waals surface area contributed by atoms with Gasteiger partial charge >= 0.3 is 0 Å². The molecular formula is C11H10ClN3O2. The van der Waals surface area contributed by atoms with Gasteiger partial charge in [-0.15, -0.1) is 0 Å². The molecule has 0 N–H and O–H groups in total. The minimum Gasteiger partial charge on any atom is -0.338 e. The normalized spacial score (nSPS) is 12.4. The van der Waals surface area contributed by atoms with Gasteiger partial charge in [0, 0.05) is 6.20 Å². The summed E-state index contributed by atoms with van der Waals surface area (Å²) in [5.74, 6) is 0.110. The van der Waals surface area contributed by atoms with Crippen LogP contribution in [0.25, 0.3) is 11.5 Å². The quantitative estimate of drug-likeness (QED) is 0.838. The van der Waals surface area contributed by atoms with Gasteiger partial charge in [-0.05, 0) is 26.0 Å². The number of aromatic nitrogens is 3. The number of carbonyl (C=O) groups is 1. The van der Waals surface area contributed by atoms with Crippen LogP contribution in [0.15, 0.2) is 22.9 Å². The lowest BCUT2D eigenvalue weighted by Gasteiger charge is -1.98. The summed E-state index contributed by atoms with van der Waals surface area (Å²) in [4.78, 5) is 19.4. The summed E-state index contributed by atoms with van der Waals surface area (Å²) >= 11 is 5.96. The SMILES string of the molecule is CC(=O)C(C)c1nc(-c2ncccc2Cl)no1. The average Bonchev–Trinajstić information content (AvgIpc) is 2.77. The number of nitrogens with zero attached hydrogens (tertiary/aromatic N) is 3. The molecule has 0 saturated carbocycles. The number of ketones is 1.